The van der Waals surface area contributed by atoms with E-state index in [1.807, 2.05) is 0 Å². The first-order valence-corrected chi connectivity index (χ1v) is 24.7. The first kappa shape index (κ1) is 42.3. The van der Waals surface area contributed by atoms with Gasteiger partial charge in [0.15, 0.2) is 0 Å². The van der Waals surface area contributed by atoms with Crippen LogP contribution >= 0.6 is 0 Å². The van der Waals surface area contributed by atoms with E-state index in [9.17, 15) is 0 Å². The molecular formula is C66H51BN4. The van der Waals surface area contributed by atoms with E-state index in [1.54, 1.807) is 0 Å². The molecule has 2 aliphatic rings. The Hall–Kier alpha value is -8.80. The van der Waals surface area contributed by atoms with E-state index in [4.69, 9.17) is 0 Å². The first-order chi connectivity index (χ1) is 34.9. The fourth-order valence-electron chi connectivity index (χ4n) is 11.4. The Morgan fingerprint density at radius 2 is 0.592 bits per heavy atom. The molecule has 13 rings (SSSR count). The molecule has 2 heterocycles. The Morgan fingerprint density at radius 1 is 0.310 bits per heavy atom. The Kier molecular flexibility index (Phi) is 10.1. The second-order valence-electron chi connectivity index (χ2n) is 19.7. The van der Waals surface area contributed by atoms with Gasteiger partial charge in [0.1, 0.15) is 0 Å². The Morgan fingerprint density at radius 3 is 0.915 bits per heavy atom. The van der Waals surface area contributed by atoms with Gasteiger partial charge in [-0.1, -0.05) is 178 Å². The smallest absolute Gasteiger partial charge is 0.253 e. The zero-order valence-corrected chi connectivity index (χ0v) is 40.1. The quantitative estimate of drug-likeness (QED) is 0.141. The molecule has 0 aliphatic carbocycles. The van der Waals surface area contributed by atoms with E-state index in [-0.39, 0.29) is 12.1 Å². The van der Waals surface area contributed by atoms with Crippen LogP contribution in [0.1, 0.15) is 26.3 Å². The molecule has 0 N–H and O–H groups in total. The topological polar surface area (TPSA) is 13.0 Å². The van der Waals surface area contributed by atoms with Gasteiger partial charge in [0.25, 0.3) is 6.71 Å². The molecule has 0 saturated carbocycles. The van der Waals surface area contributed by atoms with Gasteiger partial charge in [0, 0.05) is 67.6 Å². The number of para-hydroxylation sites is 6. The standard InChI is InChI=1S/C66H51BN4/c1-66(2,3)46-42-59-65-60(43-46)71(52-36-20-9-21-37-52)62-45-58(69(49-30-14-6-15-31-49)50-32-16-7-17-33-50)54-39-23-25-41-56(54)64(62)67(65)63-55-40-24-22-38-53(55)57(44-61(63)70(59)51-34-18-8-19-35-51)68(47-26-10-4-11-27-47)48-28-12-5-13-29-48/h4-45H,1-3H3. The molecule has 11 aromatic carbocycles. The summed E-state index contributed by atoms with van der Waals surface area (Å²) in [6.07, 6.45) is 0. The fraction of sp³-hybridized carbons (Fsp3) is 0.0606. The predicted molar refractivity (Wildman–Crippen MR) is 304 cm³/mol. The lowest BCUT2D eigenvalue weighted by atomic mass is 9.32. The summed E-state index contributed by atoms with van der Waals surface area (Å²) in [5, 5.41) is 4.83. The molecule has 338 valence electrons. The van der Waals surface area contributed by atoms with Gasteiger partial charge in [-0.05, 0) is 135 Å². The maximum absolute atomic E-state index is 2.57. The molecule has 0 saturated heterocycles. The number of rotatable bonds is 8. The van der Waals surface area contributed by atoms with Crippen molar-refractivity contribution in [3.63, 3.8) is 0 Å². The van der Waals surface area contributed by atoms with Crippen LogP contribution in [0.4, 0.5) is 68.2 Å². The van der Waals surface area contributed by atoms with Crippen LogP contribution in [-0.2, 0) is 5.41 Å². The molecule has 0 spiro atoms. The minimum absolute atomic E-state index is 0.152. The van der Waals surface area contributed by atoms with Gasteiger partial charge in [-0.25, -0.2) is 0 Å². The van der Waals surface area contributed by atoms with Gasteiger partial charge in [0.2, 0.25) is 0 Å². The second-order valence-corrected chi connectivity index (χ2v) is 19.7. The van der Waals surface area contributed by atoms with Gasteiger partial charge in [0.05, 0.1) is 11.4 Å². The van der Waals surface area contributed by atoms with Gasteiger partial charge in [-0.15, -0.1) is 0 Å². The van der Waals surface area contributed by atoms with Gasteiger partial charge in [-0.2, -0.15) is 0 Å². The summed E-state index contributed by atoms with van der Waals surface area (Å²) < 4.78 is 0. The molecule has 0 fully saturated rings. The lowest BCUT2D eigenvalue weighted by Crippen LogP contribution is -2.62. The van der Waals surface area contributed by atoms with Crippen molar-refractivity contribution in [1.82, 2.24) is 0 Å². The molecule has 4 nitrogen and oxygen atoms in total. The summed E-state index contributed by atoms with van der Waals surface area (Å²) in [6.45, 7) is 6.89. The SMILES string of the molecule is CC(C)(C)c1cc2c3c(c1)N(c1ccccc1)c1cc(N(c4ccccc4)c4ccccc4)c4ccccc4c1B3c1c(cc(N(c3ccccc3)c3ccccc3)c3ccccc13)N2c1ccccc1. The number of hydrogen-bond acceptors (Lipinski definition) is 4. The van der Waals surface area contributed by atoms with Crippen molar-refractivity contribution in [3.05, 3.63) is 260 Å². The highest BCUT2D eigenvalue weighted by Crippen LogP contribution is 2.51. The third-order valence-corrected chi connectivity index (χ3v) is 14.5. The maximum atomic E-state index is 2.57. The van der Waals surface area contributed by atoms with Crippen molar-refractivity contribution in [1.29, 1.82) is 0 Å². The van der Waals surface area contributed by atoms with Gasteiger partial charge in [-0.3, -0.25) is 0 Å². The Labute approximate surface area is 417 Å². The molecular weight excluding hydrogens is 860 g/mol. The van der Waals surface area contributed by atoms with Gasteiger partial charge < -0.3 is 19.6 Å². The van der Waals surface area contributed by atoms with E-state index in [1.165, 1.54) is 66.2 Å². The van der Waals surface area contributed by atoms with Crippen molar-refractivity contribution in [2.45, 2.75) is 26.2 Å². The number of benzene rings is 11. The molecule has 0 atom stereocenters. The number of nitrogens with zero attached hydrogens (tertiary/aromatic N) is 4. The lowest BCUT2D eigenvalue weighted by molar-refractivity contribution is 0.590. The molecule has 11 aromatic rings. The molecule has 71 heavy (non-hydrogen) atoms. The monoisotopic (exact) mass is 910 g/mol. The molecule has 5 heteroatoms. The van der Waals surface area contributed by atoms with Crippen LogP contribution in [0.25, 0.3) is 21.5 Å². The molecule has 0 aromatic heterocycles. The average molecular weight is 911 g/mol. The van der Waals surface area contributed by atoms with E-state index in [0.717, 1.165) is 45.5 Å². The molecule has 0 bridgehead atoms. The van der Waals surface area contributed by atoms with Crippen LogP contribution in [0.3, 0.4) is 0 Å². The molecule has 0 radical (unpaired) electrons. The zero-order chi connectivity index (χ0) is 47.6. The van der Waals surface area contributed by atoms with E-state index < -0.39 is 0 Å². The van der Waals surface area contributed by atoms with E-state index >= 15 is 0 Å². The minimum Gasteiger partial charge on any atom is -0.311 e. The predicted octanol–water partition coefficient (Wildman–Crippen LogP) is 16.3. The van der Waals surface area contributed by atoms with Crippen molar-refractivity contribution in [2.75, 3.05) is 19.6 Å². The summed E-state index contributed by atoms with van der Waals surface area (Å²) in [7, 11) is 0. The largest absolute Gasteiger partial charge is 0.311 e. The van der Waals surface area contributed by atoms with Crippen molar-refractivity contribution >= 4 is 113 Å². The summed E-state index contributed by atoms with van der Waals surface area (Å²) in [6, 6.07) is 93.6. The number of hydrogen-bond donors (Lipinski definition) is 0. The Balaban J connectivity index is 1.21. The van der Waals surface area contributed by atoms with Gasteiger partial charge >= 0.3 is 0 Å². The van der Waals surface area contributed by atoms with Crippen LogP contribution in [-0.4, -0.2) is 6.71 Å². The van der Waals surface area contributed by atoms with E-state index in [2.05, 4.69) is 295 Å². The summed E-state index contributed by atoms with van der Waals surface area (Å²) >= 11 is 0. The summed E-state index contributed by atoms with van der Waals surface area (Å²) in [5.41, 5.74) is 18.6. The molecule has 0 amide bonds. The minimum atomic E-state index is -0.176. The maximum Gasteiger partial charge on any atom is 0.253 e. The van der Waals surface area contributed by atoms with Crippen LogP contribution in [0.2, 0.25) is 0 Å². The van der Waals surface area contributed by atoms with Crippen LogP contribution in [0.5, 0.6) is 0 Å². The third-order valence-electron chi connectivity index (χ3n) is 14.5. The first-order valence-electron chi connectivity index (χ1n) is 24.7. The van der Waals surface area contributed by atoms with Crippen LogP contribution < -0.4 is 36.0 Å². The van der Waals surface area contributed by atoms with E-state index in [0.29, 0.717) is 0 Å². The van der Waals surface area contributed by atoms with Crippen LogP contribution in [0.15, 0.2) is 255 Å². The average Bonchev–Trinajstić information content (AvgIpc) is 3.43. The van der Waals surface area contributed by atoms with Crippen molar-refractivity contribution < 1.29 is 0 Å². The zero-order valence-electron chi connectivity index (χ0n) is 40.1. The van der Waals surface area contributed by atoms with Crippen molar-refractivity contribution in [2.24, 2.45) is 0 Å². The highest BCUT2D eigenvalue weighted by molar-refractivity contribution is 7.03. The molecule has 2 aliphatic heterocycles. The van der Waals surface area contributed by atoms with Crippen molar-refractivity contribution in [3.8, 4) is 0 Å². The second kappa shape index (κ2) is 17.0. The Bertz CT molecular complexity index is 3430. The lowest BCUT2D eigenvalue weighted by Gasteiger charge is -2.46. The number of anilines is 12. The highest BCUT2D eigenvalue weighted by atomic mass is 15.2. The number of fused-ring (bicyclic) bond motifs is 8. The third kappa shape index (κ3) is 6.99. The fourth-order valence-corrected chi connectivity index (χ4v) is 11.4. The highest BCUT2D eigenvalue weighted by Gasteiger charge is 2.47. The summed E-state index contributed by atoms with van der Waals surface area (Å²) in [5.74, 6) is 0. The van der Waals surface area contributed by atoms with Crippen LogP contribution in [0, 0.1) is 0 Å². The normalized spacial score (nSPS) is 12.6. The molecule has 0 unspecified atom stereocenters. The summed E-state index contributed by atoms with van der Waals surface area (Å²) in [4.78, 5) is 10.0.